The molecule has 1 aromatic carbocycles. The van der Waals surface area contributed by atoms with Crippen LogP contribution in [0.4, 0.5) is 0 Å². The third-order valence-electron chi connectivity index (χ3n) is 3.07. The molecule has 5 nitrogen and oxygen atoms in total. The van der Waals surface area contributed by atoms with Gasteiger partial charge in [0, 0.05) is 22.5 Å². The van der Waals surface area contributed by atoms with Crippen LogP contribution in [-0.2, 0) is 0 Å². The lowest BCUT2D eigenvalue weighted by atomic mass is 10.1. The minimum Gasteiger partial charge on any atom is -0.366 e. The molecular weight excluding hydrogens is 274 g/mol. The summed E-state index contributed by atoms with van der Waals surface area (Å²) in [7, 11) is 0. The molecule has 1 aliphatic carbocycles. The van der Waals surface area contributed by atoms with E-state index in [4.69, 9.17) is 5.73 Å². The average molecular weight is 287 g/mol. The second-order valence-electron chi connectivity index (χ2n) is 4.73. The maximum atomic E-state index is 11.9. The molecule has 1 aliphatic rings. The topological polar surface area (TPSA) is 85.1 Å². The first-order valence-corrected chi connectivity index (χ1v) is 7.18. The van der Waals surface area contributed by atoms with Gasteiger partial charge in [-0.25, -0.2) is 4.98 Å². The van der Waals surface area contributed by atoms with Crippen LogP contribution < -0.4 is 11.1 Å². The number of thiazole rings is 1. The molecule has 20 heavy (non-hydrogen) atoms. The third-order valence-corrected chi connectivity index (χ3v) is 3.96. The largest absolute Gasteiger partial charge is 0.366 e. The molecular formula is C14H13N3O2S. The zero-order valence-electron chi connectivity index (χ0n) is 10.6. The van der Waals surface area contributed by atoms with Crippen LogP contribution in [0.25, 0.3) is 10.6 Å². The van der Waals surface area contributed by atoms with Gasteiger partial charge in [-0.05, 0) is 25.0 Å². The maximum Gasteiger partial charge on any atom is 0.270 e. The number of carbonyl (C=O) groups is 2. The van der Waals surface area contributed by atoms with Gasteiger partial charge in [0.05, 0.1) is 0 Å². The summed E-state index contributed by atoms with van der Waals surface area (Å²) in [5, 5.41) is 5.40. The van der Waals surface area contributed by atoms with Gasteiger partial charge in [-0.3, -0.25) is 9.59 Å². The molecule has 3 N–H and O–H groups in total. The first-order valence-electron chi connectivity index (χ1n) is 6.30. The first-order chi connectivity index (χ1) is 9.63. The number of hydrogen-bond donors (Lipinski definition) is 2. The Hall–Kier alpha value is -2.21. The summed E-state index contributed by atoms with van der Waals surface area (Å²) in [6, 6.07) is 7.19. The predicted molar refractivity (Wildman–Crippen MR) is 76.6 cm³/mol. The minimum atomic E-state index is -0.458. The molecule has 102 valence electrons. The van der Waals surface area contributed by atoms with Crippen LogP contribution in [0, 0.1) is 0 Å². The van der Waals surface area contributed by atoms with Crippen molar-refractivity contribution in [2.24, 2.45) is 5.73 Å². The van der Waals surface area contributed by atoms with E-state index in [0.717, 1.165) is 23.4 Å². The molecule has 0 radical (unpaired) electrons. The Balaban J connectivity index is 1.78. The second kappa shape index (κ2) is 5.05. The SMILES string of the molecule is NC(=O)c1ccc(-c2nc(C(=O)NC3CC3)cs2)cc1. The summed E-state index contributed by atoms with van der Waals surface area (Å²) < 4.78 is 0. The summed E-state index contributed by atoms with van der Waals surface area (Å²) in [5.41, 5.74) is 6.96. The molecule has 6 heteroatoms. The lowest BCUT2D eigenvalue weighted by Crippen LogP contribution is -2.25. The molecule has 3 rings (SSSR count). The molecule has 0 bridgehead atoms. The van der Waals surface area contributed by atoms with Gasteiger partial charge in [-0.2, -0.15) is 0 Å². The van der Waals surface area contributed by atoms with Gasteiger partial charge in [-0.1, -0.05) is 12.1 Å². The molecule has 0 aliphatic heterocycles. The third kappa shape index (κ3) is 2.70. The van der Waals surface area contributed by atoms with Crippen LogP contribution in [0.5, 0.6) is 0 Å². The Labute approximate surface area is 119 Å². The highest BCUT2D eigenvalue weighted by Crippen LogP contribution is 2.25. The van der Waals surface area contributed by atoms with E-state index in [9.17, 15) is 9.59 Å². The fourth-order valence-electron chi connectivity index (χ4n) is 1.77. The van der Waals surface area contributed by atoms with Crippen molar-refractivity contribution in [3.05, 3.63) is 40.9 Å². The van der Waals surface area contributed by atoms with E-state index < -0.39 is 5.91 Å². The van der Waals surface area contributed by atoms with Crippen molar-refractivity contribution in [1.29, 1.82) is 0 Å². The Kier molecular flexibility index (Phi) is 3.23. The quantitative estimate of drug-likeness (QED) is 0.899. The van der Waals surface area contributed by atoms with Crippen LogP contribution in [0.2, 0.25) is 0 Å². The predicted octanol–water partition coefficient (Wildman–Crippen LogP) is 1.80. The number of nitrogens with zero attached hydrogens (tertiary/aromatic N) is 1. The second-order valence-corrected chi connectivity index (χ2v) is 5.59. The highest BCUT2D eigenvalue weighted by Gasteiger charge is 2.24. The molecule has 1 saturated carbocycles. The van der Waals surface area contributed by atoms with Crippen molar-refractivity contribution >= 4 is 23.2 Å². The maximum absolute atomic E-state index is 11.9. The minimum absolute atomic E-state index is 0.122. The molecule has 0 saturated heterocycles. The fourth-order valence-corrected chi connectivity index (χ4v) is 2.58. The summed E-state index contributed by atoms with van der Waals surface area (Å²) >= 11 is 1.40. The van der Waals surface area contributed by atoms with Crippen molar-refractivity contribution in [3.8, 4) is 10.6 Å². The van der Waals surface area contributed by atoms with Gasteiger partial charge >= 0.3 is 0 Å². The number of amides is 2. The number of hydrogen-bond acceptors (Lipinski definition) is 4. The van der Waals surface area contributed by atoms with Crippen LogP contribution in [0.1, 0.15) is 33.7 Å². The van der Waals surface area contributed by atoms with E-state index >= 15 is 0 Å². The van der Waals surface area contributed by atoms with E-state index in [1.54, 1.807) is 29.6 Å². The Bertz CT molecular complexity index is 659. The van der Waals surface area contributed by atoms with Crippen molar-refractivity contribution in [1.82, 2.24) is 10.3 Å². The summed E-state index contributed by atoms with van der Waals surface area (Å²) in [6.07, 6.45) is 2.11. The number of primary amides is 1. The number of carbonyl (C=O) groups excluding carboxylic acids is 2. The molecule has 1 fully saturated rings. The van der Waals surface area contributed by atoms with Crippen LogP contribution >= 0.6 is 11.3 Å². The van der Waals surface area contributed by atoms with Crippen molar-refractivity contribution in [2.45, 2.75) is 18.9 Å². The van der Waals surface area contributed by atoms with Crippen LogP contribution in [0.3, 0.4) is 0 Å². The van der Waals surface area contributed by atoms with Crippen molar-refractivity contribution in [3.63, 3.8) is 0 Å². The van der Waals surface area contributed by atoms with Gasteiger partial charge in [-0.15, -0.1) is 11.3 Å². The molecule has 1 aromatic heterocycles. The lowest BCUT2D eigenvalue weighted by molar-refractivity contribution is 0.0945. The number of rotatable bonds is 4. The van der Waals surface area contributed by atoms with Crippen molar-refractivity contribution < 1.29 is 9.59 Å². The van der Waals surface area contributed by atoms with E-state index in [0.29, 0.717) is 17.3 Å². The van der Waals surface area contributed by atoms with Crippen LogP contribution in [0.15, 0.2) is 29.6 Å². The Morgan fingerprint density at radius 2 is 1.95 bits per heavy atom. The first kappa shape index (κ1) is 12.8. The van der Waals surface area contributed by atoms with E-state index in [1.807, 2.05) is 0 Å². The van der Waals surface area contributed by atoms with Gasteiger partial charge < -0.3 is 11.1 Å². The monoisotopic (exact) mass is 287 g/mol. The summed E-state index contributed by atoms with van der Waals surface area (Å²) in [5.74, 6) is -0.580. The highest BCUT2D eigenvalue weighted by atomic mass is 32.1. The smallest absolute Gasteiger partial charge is 0.270 e. The average Bonchev–Trinajstić information content (AvgIpc) is 3.11. The standard InChI is InChI=1S/C14H13N3O2S/c15-12(18)8-1-3-9(4-2-8)14-17-11(7-20-14)13(19)16-10-5-6-10/h1-4,7,10H,5-6H2,(H2,15,18)(H,16,19). The molecule has 0 spiro atoms. The van der Waals surface area contributed by atoms with Gasteiger partial charge in [0.2, 0.25) is 5.91 Å². The fraction of sp³-hybridized carbons (Fsp3) is 0.214. The molecule has 2 amide bonds. The summed E-state index contributed by atoms with van der Waals surface area (Å²) in [6.45, 7) is 0. The lowest BCUT2D eigenvalue weighted by Gasteiger charge is -1.99. The number of nitrogens with one attached hydrogen (secondary N) is 1. The van der Waals surface area contributed by atoms with E-state index in [1.165, 1.54) is 11.3 Å². The van der Waals surface area contributed by atoms with Gasteiger partial charge in [0.1, 0.15) is 10.7 Å². The number of benzene rings is 1. The van der Waals surface area contributed by atoms with E-state index in [-0.39, 0.29) is 5.91 Å². The highest BCUT2D eigenvalue weighted by molar-refractivity contribution is 7.13. The molecule has 2 aromatic rings. The van der Waals surface area contributed by atoms with Crippen molar-refractivity contribution in [2.75, 3.05) is 0 Å². The molecule has 1 heterocycles. The zero-order chi connectivity index (χ0) is 14.1. The Morgan fingerprint density at radius 3 is 2.55 bits per heavy atom. The molecule has 0 unspecified atom stereocenters. The normalized spacial score (nSPS) is 14.0. The summed E-state index contributed by atoms with van der Waals surface area (Å²) in [4.78, 5) is 27.2. The zero-order valence-corrected chi connectivity index (χ0v) is 11.4. The molecule has 0 atom stereocenters. The van der Waals surface area contributed by atoms with Gasteiger partial charge in [0.15, 0.2) is 0 Å². The Morgan fingerprint density at radius 1 is 1.25 bits per heavy atom. The van der Waals surface area contributed by atoms with Crippen LogP contribution in [-0.4, -0.2) is 22.8 Å². The van der Waals surface area contributed by atoms with E-state index in [2.05, 4.69) is 10.3 Å². The number of nitrogens with two attached hydrogens (primary N) is 1. The number of aromatic nitrogens is 1. The van der Waals surface area contributed by atoms with Gasteiger partial charge in [0.25, 0.3) is 5.91 Å².